The third kappa shape index (κ3) is 4.07. The molecule has 1 fully saturated rings. The van der Waals surface area contributed by atoms with Crippen LogP contribution in [0.4, 0.5) is 0 Å². The Kier molecular flexibility index (Phi) is 7.10. The lowest BCUT2D eigenvalue weighted by atomic mass is 10.0. The van der Waals surface area contributed by atoms with E-state index >= 15 is 0 Å². The number of methoxy groups -OCH3 is 1. The van der Waals surface area contributed by atoms with E-state index < -0.39 is 0 Å². The SMILES string of the molecule is COc1ccc(Br)cc1[C@@H](CO)N1CCNCC1.Cl. The summed E-state index contributed by atoms with van der Waals surface area (Å²) in [5.41, 5.74) is 1.04. The van der Waals surface area contributed by atoms with Crippen molar-refractivity contribution in [1.29, 1.82) is 0 Å². The standard InChI is InChI=1S/C13H19BrN2O2.ClH/c1-18-13-3-2-10(14)8-11(13)12(9-17)16-6-4-15-5-7-16;/h2-3,8,12,15,17H,4-7,9H2,1H3;1H/t12-;/m1./s1. The van der Waals surface area contributed by atoms with Crippen LogP contribution in [0.2, 0.25) is 0 Å². The van der Waals surface area contributed by atoms with E-state index in [2.05, 4.69) is 26.1 Å². The van der Waals surface area contributed by atoms with Crippen molar-refractivity contribution in [3.8, 4) is 5.75 Å². The highest BCUT2D eigenvalue weighted by molar-refractivity contribution is 9.10. The normalized spacial score (nSPS) is 17.6. The number of ether oxygens (including phenoxy) is 1. The molecule has 108 valence electrons. The fourth-order valence-corrected chi connectivity index (χ4v) is 2.75. The zero-order valence-corrected chi connectivity index (χ0v) is 13.3. The molecule has 0 spiro atoms. The number of hydrogen-bond acceptors (Lipinski definition) is 4. The molecule has 4 nitrogen and oxygen atoms in total. The molecule has 1 atom stereocenters. The molecule has 1 aliphatic rings. The molecule has 2 N–H and O–H groups in total. The van der Waals surface area contributed by atoms with Gasteiger partial charge in [-0.05, 0) is 18.2 Å². The van der Waals surface area contributed by atoms with Gasteiger partial charge in [0.2, 0.25) is 0 Å². The average molecular weight is 352 g/mol. The fourth-order valence-electron chi connectivity index (χ4n) is 2.37. The van der Waals surface area contributed by atoms with Gasteiger partial charge in [-0.3, -0.25) is 4.90 Å². The second-order valence-corrected chi connectivity index (χ2v) is 5.29. The maximum Gasteiger partial charge on any atom is 0.123 e. The summed E-state index contributed by atoms with van der Waals surface area (Å²) >= 11 is 3.48. The molecule has 1 saturated heterocycles. The molecule has 0 aliphatic carbocycles. The summed E-state index contributed by atoms with van der Waals surface area (Å²) in [6.07, 6.45) is 0. The van der Waals surface area contributed by atoms with Crippen LogP contribution in [0.15, 0.2) is 22.7 Å². The van der Waals surface area contributed by atoms with Crippen LogP contribution in [0.1, 0.15) is 11.6 Å². The lowest BCUT2D eigenvalue weighted by Crippen LogP contribution is -2.46. The zero-order chi connectivity index (χ0) is 13.0. The van der Waals surface area contributed by atoms with E-state index in [4.69, 9.17) is 4.74 Å². The first-order valence-electron chi connectivity index (χ1n) is 6.15. The van der Waals surface area contributed by atoms with Gasteiger partial charge in [0.25, 0.3) is 0 Å². The van der Waals surface area contributed by atoms with Gasteiger partial charge in [-0.25, -0.2) is 0 Å². The van der Waals surface area contributed by atoms with Gasteiger partial charge in [0, 0.05) is 36.2 Å². The summed E-state index contributed by atoms with van der Waals surface area (Å²) in [5.74, 6) is 0.829. The number of benzene rings is 1. The molecule has 0 unspecified atom stereocenters. The Morgan fingerprint density at radius 2 is 2.11 bits per heavy atom. The Morgan fingerprint density at radius 3 is 2.68 bits per heavy atom. The van der Waals surface area contributed by atoms with Gasteiger partial charge in [0.1, 0.15) is 5.75 Å². The monoisotopic (exact) mass is 350 g/mol. The van der Waals surface area contributed by atoms with Gasteiger partial charge < -0.3 is 15.2 Å². The molecule has 0 radical (unpaired) electrons. The lowest BCUT2D eigenvalue weighted by molar-refractivity contribution is 0.109. The second-order valence-electron chi connectivity index (χ2n) is 4.37. The largest absolute Gasteiger partial charge is 0.496 e. The van der Waals surface area contributed by atoms with E-state index in [0.29, 0.717) is 0 Å². The fraction of sp³-hybridized carbons (Fsp3) is 0.538. The maximum atomic E-state index is 9.71. The number of hydrogen-bond donors (Lipinski definition) is 2. The molecule has 1 aromatic rings. The quantitative estimate of drug-likeness (QED) is 0.868. The topological polar surface area (TPSA) is 44.7 Å². The van der Waals surface area contributed by atoms with Crippen LogP contribution < -0.4 is 10.1 Å². The molecular weight excluding hydrogens is 332 g/mol. The minimum atomic E-state index is -0.000417. The van der Waals surface area contributed by atoms with Crippen molar-refractivity contribution in [3.05, 3.63) is 28.2 Å². The van der Waals surface area contributed by atoms with Crippen LogP contribution in [-0.2, 0) is 0 Å². The van der Waals surface area contributed by atoms with Crippen molar-refractivity contribution in [2.45, 2.75) is 6.04 Å². The molecule has 1 aliphatic heterocycles. The Morgan fingerprint density at radius 1 is 1.42 bits per heavy atom. The van der Waals surface area contributed by atoms with E-state index in [1.54, 1.807) is 7.11 Å². The highest BCUT2D eigenvalue weighted by Crippen LogP contribution is 2.31. The van der Waals surface area contributed by atoms with Crippen LogP contribution in [-0.4, -0.2) is 49.9 Å². The average Bonchev–Trinajstić information content (AvgIpc) is 2.41. The van der Waals surface area contributed by atoms with Crippen LogP contribution in [0, 0.1) is 0 Å². The van der Waals surface area contributed by atoms with E-state index in [1.165, 1.54) is 0 Å². The highest BCUT2D eigenvalue weighted by Gasteiger charge is 2.24. The molecule has 6 heteroatoms. The van der Waals surface area contributed by atoms with Gasteiger partial charge in [-0.15, -0.1) is 12.4 Å². The van der Waals surface area contributed by atoms with Gasteiger partial charge in [0.05, 0.1) is 19.8 Å². The minimum absolute atomic E-state index is 0. The van der Waals surface area contributed by atoms with Gasteiger partial charge in [-0.1, -0.05) is 15.9 Å². The van der Waals surface area contributed by atoms with Crippen molar-refractivity contribution >= 4 is 28.3 Å². The maximum absolute atomic E-state index is 9.71. The van der Waals surface area contributed by atoms with Crippen molar-refractivity contribution < 1.29 is 9.84 Å². The Bertz CT molecular complexity index is 400. The number of piperazine rings is 1. The Labute approximate surface area is 128 Å². The number of nitrogens with one attached hydrogen (secondary N) is 1. The molecule has 0 amide bonds. The van der Waals surface area contributed by atoms with Crippen molar-refractivity contribution in [2.75, 3.05) is 39.9 Å². The van der Waals surface area contributed by atoms with Crippen molar-refractivity contribution in [2.24, 2.45) is 0 Å². The summed E-state index contributed by atoms with van der Waals surface area (Å²) in [5, 5.41) is 13.0. The summed E-state index contributed by atoms with van der Waals surface area (Å²) in [6.45, 7) is 3.92. The van der Waals surface area contributed by atoms with E-state index in [1.807, 2.05) is 18.2 Å². The first-order valence-corrected chi connectivity index (χ1v) is 6.94. The summed E-state index contributed by atoms with van der Waals surface area (Å²) in [6, 6.07) is 5.92. The molecule has 0 bridgehead atoms. The van der Waals surface area contributed by atoms with Gasteiger partial charge in [-0.2, -0.15) is 0 Å². The molecule has 1 heterocycles. The summed E-state index contributed by atoms with van der Waals surface area (Å²) < 4.78 is 6.41. The van der Waals surface area contributed by atoms with Crippen molar-refractivity contribution in [1.82, 2.24) is 10.2 Å². The van der Waals surface area contributed by atoms with E-state index in [9.17, 15) is 5.11 Å². The van der Waals surface area contributed by atoms with E-state index in [-0.39, 0.29) is 25.1 Å². The Hall–Kier alpha value is -0.330. The predicted molar refractivity (Wildman–Crippen MR) is 82.2 cm³/mol. The Balaban J connectivity index is 0.00000180. The molecule has 2 rings (SSSR count). The van der Waals surface area contributed by atoms with Crippen LogP contribution >= 0.6 is 28.3 Å². The number of nitrogens with zero attached hydrogens (tertiary/aromatic N) is 1. The third-order valence-corrected chi connectivity index (χ3v) is 3.81. The highest BCUT2D eigenvalue weighted by atomic mass is 79.9. The number of aliphatic hydroxyl groups excluding tert-OH is 1. The number of halogens is 2. The van der Waals surface area contributed by atoms with Crippen LogP contribution in [0.25, 0.3) is 0 Å². The second kappa shape index (κ2) is 8.07. The third-order valence-electron chi connectivity index (χ3n) is 3.32. The first kappa shape index (κ1) is 16.7. The lowest BCUT2D eigenvalue weighted by Gasteiger charge is -2.34. The first-order chi connectivity index (χ1) is 8.76. The van der Waals surface area contributed by atoms with E-state index in [0.717, 1.165) is 42.0 Å². The van der Waals surface area contributed by atoms with Gasteiger partial charge >= 0.3 is 0 Å². The summed E-state index contributed by atoms with van der Waals surface area (Å²) in [4.78, 5) is 2.29. The number of rotatable bonds is 4. The van der Waals surface area contributed by atoms with Gasteiger partial charge in [0.15, 0.2) is 0 Å². The zero-order valence-electron chi connectivity index (χ0n) is 10.9. The van der Waals surface area contributed by atoms with Crippen molar-refractivity contribution in [3.63, 3.8) is 0 Å². The smallest absolute Gasteiger partial charge is 0.123 e. The minimum Gasteiger partial charge on any atom is -0.496 e. The number of aliphatic hydroxyl groups is 1. The molecule has 0 aromatic heterocycles. The van der Waals surface area contributed by atoms with Crippen LogP contribution in [0.5, 0.6) is 5.75 Å². The predicted octanol–water partition coefficient (Wildman–Crippen LogP) is 1.82. The molecule has 0 saturated carbocycles. The van der Waals surface area contributed by atoms with Crippen LogP contribution in [0.3, 0.4) is 0 Å². The molecule has 1 aromatic carbocycles. The summed E-state index contributed by atoms with van der Waals surface area (Å²) in [7, 11) is 1.67. The molecule has 19 heavy (non-hydrogen) atoms. The molecular formula is C13H20BrClN2O2.